The molecule has 0 heterocycles. The number of fused-ring (bicyclic) bond motifs is 3. The molecule has 0 saturated carbocycles. The fourth-order valence-electron chi connectivity index (χ4n) is 5.89. The van der Waals surface area contributed by atoms with Gasteiger partial charge in [-0.05, 0) is 57.0 Å². The maximum Gasteiger partial charge on any atom is 0.0556 e. The highest BCUT2D eigenvalue weighted by Gasteiger charge is 2.43. The van der Waals surface area contributed by atoms with Crippen LogP contribution in [0.2, 0.25) is 6.04 Å². The topological polar surface area (TPSA) is 0 Å². The molecular weight excluding hydrogens is 364 g/mol. The Morgan fingerprint density at radius 2 is 1.62 bits per heavy atom. The molecule has 0 saturated heterocycles. The smallest absolute Gasteiger partial charge is 0.0556 e. The van der Waals surface area contributed by atoms with Gasteiger partial charge in [0.2, 0.25) is 0 Å². The Morgan fingerprint density at radius 1 is 0.897 bits per heavy atom. The molecule has 0 nitrogen and oxygen atoms in total. The lowest BCUT2D eigenvalue weighted by Gasteiger charge is -2.31. The summed E-state index contributed by atoms with van der Waals surface area (Å²) in [5.41, 5.74) is 7.10. The van der Waals surface area contributed by atoms with E-state index in [0.717, 1.165) is 0 Å². The van der Waals surface area contributed by atoms with Gasteiger partial charge in [-0.25, -0.2) is 0 Å². The third-order valence-electron chi connectivity index (χ3n) is 7.19. The van der Waals surface area contributed by atoms with Gasteiger partial charge in [0.15, 0.2) is 0 Å². The van der Waals surface area contributed by atoms with E-state index in [2.05, 4.69) is 94.4 Å². The van der Waals surface area contributed by atoms with Crippen molar-refractivity contribution in [2.45, 2.75) is 46.6 Å². The Kier molecular flexibility index (Phi) is 4.36. The second kappa shape index (κ2) is 6.70. The molecule has 3 aliphatic rings. The van der Waals surface area contributed by atoms with Crippen LogP contribution in [0.5, 0.6) is 0 Å². The van der Waals surface area contributed by atoms with Crippen LogP contribution in [0, 0.1) is 16.7 Å². The Bertz CT molecular complexity index is 1140. The minimum absolute atomic E-state index is 0.114. The average Bonchev–Trinajstić information content (AvgIpc) is 3.00. The first kappa shape index (κ1) is 18.9. The van der Waals surface area contributed by atoms with Crippen LogP contribution in [0.1, 0.15) is 40.5 Å². The number of hydrogen-bond donors (Lipinski definition) is 0. The highest BCUT2D eigenvalue weighted by Crippen LogP contribution is 2.56. The van der Waals surface area contributed by atoms with Gasteiger partial charge in [-0.15, -0.1) is 0 Å². The highest BCUT2D eigenvalue weighted by atomic mass is 28.2. The molecule has 29 heavy (non-hydrogen) atoms. The summed E-state index contributed by atoms with van der Waals surface area (Å²) >= 11 is 0. The molecule has 1 heteroatoms. The zero-order valence-electron chi connectivity index (χ0n) is 18.3. The van der Waals surface area contributed by atoms with Crippen molar-refractivity contribution in [1.29, 1.82) is 0 Å². The van der Waals surface area contributed by atoms with E-state index in [1.54, 1.807) is 27.5 Å². The van der Waals surface area contributed by atoms with Gasteiger partial charge in [0.1, 0.15) is 0 Å². The van der Waals surface area contributed by atoms with Gasteiger partial charge in [-0.2, -0.15) is 0 Å². The maximum atomic E-state index is 2.65. The summed E-state index contributed by atoms with van der Waals surface area (Å²) in [6.45, 7) is 9.70. The van der Waals surface area contributed by atoms with E-state index in [9.17, 15) is 0 Å². The van der Waals surface area contributed by atoms with Gasteiger partial charge in [0.25, 0.3) is 0 Å². The Morgan fingerprint density at radius 3 is 2.41 bits per heavy atom. The van der Waals surface area contributed by atoms with Crippen molar-refractivity contribution in [3.8, 4) is 0 Å². The SMILES string of the molecule is CC1(C)C=C2C(=C3C(=c4ccccc4=CC3(C)C)C2C[SiH2]c2ccccc2)CC1. The molecule has 0 aliphatic heterocycles. The zero-order valence-corrected chi connectivity index (χ0v) is 19.7. The quantitative estimate of drug-likeness (QED) is 0.681. The second-order valence-corrected chi connectivity index (χ2v) is 12.3. The zero-order chi connectivity index (χ0) is 20.2. The van der Waals surface area contributed by atoms with Crippen LogP contribution in [0.4, 0.5) is 0 Å². The predicted octanol–water partition coefficient (Wildman–Crippen LogP) is 4.24. The van der Waals surface area contributed by atoms with Gasteiger partial charge in [0.05, 0.1) is 9.52 Å². The molecule has 2 aromatic carbocycles. The molecule has 0 fully saturated rings. The molecule has 0 N–H and O–H groups in total. The lowest BCUT2D eigenvalue weighted by atomic mass is 9.73. The van der Waals surface area contributed by atoms with Crippen LogP contribution in [0.3, 0.4) is 0 Å². The first-order valence-electron chi connectivity index (χ1n) is 11.2. The molecule has 0 spiro atoms. The molecular formula is C28H32Si. The highest BCUT2D eigenvalue weighted by molar-refractivity contribution is 6.53. The molecule has 148 valence electrons. The summed E-state index contributed by atoms with van der Waals surface area (Å²) in [7, 11) is -0.307. The molecule has 0 bridgehead atoms. The summed E-state index contributed by atoms with van der Waals surface area (Å²) in [6, 6.07) is 21.7. The third-order valence-corrected chi connectivity index (χ3v) is 9.10. The van der Waals surface area contributed by atoms with Crippen molar-refractivity contribution in [2.24, 2.45) is 16.7 Å². The van der Waals surface area contributed by atoms with E-state index < -0.39 is 0 Å². The predicted molar refractivity (Wildman–Crippen MR) is 128 cm³/mol. The van der Waals surface area contributed by atoms with Crippen LogP contribution in [0.25, 0.3) is 11.6 Å². The Hall–Kier alpha value is -2.12. The lowest BCUT2D eigenvalue weighted by Crippen LogP contribution is -2.37. The molecule has 1 unspecified atom stereocenters. The molecule has 3 aliphatic carbocycles. The van der Waals surface area contributed by atoms with E-state index in [1.165, 1.54) is 29.3 Å². The first-order chi connectivity index (χ1) is 13.9. The van der Waals surface area contributed by atoms with Crippen LogP contribution in [0.15, 0.2) is 77.4 Å². The number of hydrogen-bond acceptors (Lipinski definition) is 0. The number of benzene rings is 2. The molecule has 1 atom stereocenters. The number of rotatable bonds is 3. The normalized spacial score (nSPS) is 24.1. The molecule has 0 aromatic heterocycles. The van der Waals surface area contributed by atoms with Gasteiger partial charge in [-0.1, -0.05) is 99.6 Å². The largest absolute Gasteiger partial charge is 0.0747 e. The summed E-state index contributed by atoms with van der Waals surface area (Å²) in [5, 5.41) is 4.52. The fraction of sp³-hybridized carbons (Fsp3) is 0.357. The van der Waals surface area contributed by atoms with E-state index in [0.29, 0.717) is 11.3 Å². The van der Waals surface area contributed by atoms with Crippen LogP contribution >= 0.6 is 0 Å². The van der Waals surface area contributed by atoms with Crippen molar-refractivity contribution < 1.29 is 0 Å². The van der Waals surface area contributed by atoms with Crippen LogP contribution < -0.4 is 15.6 Å². The van der Waals surface area contributed by atoms with E-state index >= 15 is 0 Å². The average molecular weight is 397 g/mol. The van der Waals surface area contributed by atoms with Crippen LogP contribution in [-0.2, 0) is 0 Å². The fourth-order valence-corrected chi connectivity index (χ4v) is 7.71. The molecule has 2 aromatic rings. The molecule has 5 rings (SSSR count). The lowest BCUT2D eigenvalue weighted by molar-refractivity contribution is 0.418. The standard InChI is InChI=1S/C28H32Si/c1-27(2)15-14-22-23(17-27)24(18-29-20-11-6-5-7-12-20)25-21-13-9-8-10-19(21)16-28(3,4)26(22)25/h5-13,16-17,24H,14-15,18,29H2,1-4H3. The maximum absolute atomic E-state index is 2.65. The minimum atomic E-state index is -0.307. The monoisotopic (exact) mass is 396 g/mol. The number of allylic oxidation sites excluding steroid dienone is 4. The van der Waals surface area contributed by atoms with Crippen molar-refractivity contribution >= 4 is 26.4 Å². The van der Waals surface area contributed by atoms with Gasteiger partial charge in [-0.3, -0.25) is 0 Å². The third kappa shape index (κ3) is 3.20. The summed E-state index contributed by atoms with van der Waals surface area (Å²) in [6.07, 6.45) is 7.67. The second-order valence-electron chi connectivity index (χ2n) is 10.4. The van der Waals surface area contributed by atoms with Crippen molar-refractivity contribution in [3.05, 3.63) is 87.8 Å². The molecule has 0 amide bonds. The van der Waals surface area contributed by atoms with Crippen LogP contribution in [-0.4, -0.2) is 9.52 Å². The van der Waals surface area contributed by atoms with E-state index in [-0.39, 0.29) is 14.9 Å². The Balaban J connectivity index is 1.71. The first-order valence-corrected chi connectivity index (χ1v) is 12.9. The van der Waals surface area contributed by atoms with E-state index in [4.69, 9.17) is 0 Å². The summed E-state index contributed by atoms with van der Waals surface area (Å²) in [5.74, 6) is 0.584. The summed E-state index contributed by atoms with van der Waals surface area (Å²) in [4.78, 5) is 0. The van der Waals surface area contributed by atoms with Gasteiger partial charge < -0.3 is 0 Å². The van der Waals surface area contributed by atoms with Crippen molar-refractivity contribution in [2.75, 3.05) is 0 Å². The minimum Gasteiger partial charge on any atom is -0.0747 e. The molecule has 0 radical (unpaired) electrons. The summed E-state index contributed by atoms with van der Waals surface area (Å²) < 4.78 is 0. The van der Waals surface area contributed by atoms with Crippen molar-refractivity contribution in [1.82, 2.24) is 0 Å². The van der Waals surface area contributed by atoms with Gasteiger partial charge >= 0.3 is 0 Å². The van der Waals surface area contributed by atoms with Gasteiger partial charge in [0, 0.05) is 11.3 Å². The van der Waals surface area contributed by atoms with E-state index in [1.807, 2.05) is 0 Å². The van der Waals surface area contributed by atoms with Crippen molar-refractivity contribution in [3.63, 3.8) is 0 Å². The Labute approximate surface area is 177 Å².